The quantitative estimate of drug-likeness (QED) is 0.546. The maximum atomic E-state index is 6.11. The average molecular weight is 192 g/mol. The molecule has 3 fully saturated rings. The summed E-state index contributed by atoms with van der Waals surface area (Å²) in [4.78, 5) is 0. The van der Waals surface area contributed by atoms with E-state index in [1.165, 1.54) is 32.2 Å². The summed E-state index contributed by atoms with van der Waals surface area (Å²) in [5.74, 6) is 0. The third-order valence-electron chi connectivity index (χ3n) is 3.03. The van der Waals surface area contributed by atoms with Crippen molar-refractivity contribution < 1.29 is 4.52 Å². The highest BCUT2D eigenvalue weighted by atomic mass is 35.7. The average Bonchev–Trinajstić information content (AvgIpc) is 2.52. The Morgan fingerprint density at radius 2 is 2.36 bits per heavy atom. The molecule has 1 spiro atoms. The molecule has 11 heavy (non-hydrogen) atoms. The second kappa shape index (κ2) is 2.11. The predicted molar refractivity (Wildman–Crippen MR) is 45.6 cm³/mol. The molecule has 3 aliphatic rings. The van der Waals surface area contributed by atoms with E-state index in [-0.39, 0.29) is 5.60 Å². The van der Waals surface area contributed by atoms with Gasteiger partial charge in [0.25, 0.3) is 0 Å². The Kier molecular flexibility index (Phi) is 1.36. The lowest BCUT2D eigenvalue weighted by Crippen LogP contribution is -2.28. The molecule has 2 aliphatic heterocycles. The topological polar surface area (TPSA) is 12.5 Å². The van der Waals surface area contributed by atoms with Crippen molar-refractivity contribution in [1.82, 2.24) is 4.67 Å². The van der Waals surface area contributed by atoms with Crippen LogP contribution in [-0.2, 0) is 4.52 Å². The molecule has 0 N–H and O–H groups in total. The maximum absolute atomic E-state index is 6.11. The summed E-state index contributed by atoms with van der Waals surface area (Å²) in [5.41, 5.74) is 0.240. The van der Waals surface area contributed by atoms with Crippen LogP contribution in [0.3, 0.4) is 0 Å². The normalized spacial score (nSPS) is 46.6. The van der Waals surface area contributed by atoms with Crippen LogP contribution in [0.25, 0.3) is 0 Å². The first-order valence-corrected chi connectivity index (χ1v) is 6.35. The van der Waals surface area contributed by atoms with E-state index in [1.54, 1.807) is 0 Å². The first-order chi connectivity index (χ1) is 5.32. The molecule has 1 aliphatic carbocycles. The third-order valence-corrected chi connectivity index (χ3v) is 5.22. The minimum absolute atomic E-state index is 0.240. The molecule has 0 aromatic carbocycles. The fourth-order valence-electron chi connectivity index (χ4n) is 2.29. The maximum Gasteiger partial charge on any atom is 0.207 e. The molecule has 2 atom stereocenters. The van der Waals surface area contributed by atoms with Gasteiger partial charge in [0.15, 0.2) is 0 Å². The summed E-state index contributed by atoms with van der Waals surface area (Å²) in [6, 6.07) is 0.686. The minimum atomic E-state index is -0.725. The molecular weight excluding hydrogens is 181 g/mol. The smallest absolute Gasteiger partial charge is 0.207 e. The van der Waals surface area contributed by atoms with Gasteiger partial charge in [0.1, 0.15) is 0 Å². The lowest BCUT2D eigenvalue weighted by Gasteiger charge is -2.15. The van der Waals surface area contributed by atoms with Crippen molar-refractivity contribution in [3.63, 3.8) is 0 Å². The van der Waals surface area contributed by atoms with Crippen molar-refractivity contribution in [2.24, 2.45) is 0 Å². The molecule has 2 saturated heterocycles. The number of hydrogen-bond acceptors (Lipinski definition) is 2. The molecular formula is C7H11ClNOP. The van der Waals surface area contributed by atoms with Gasteiger partial charge in [-0.3, -0.25) is 0 Å². The first kappa shape index (κ1) is 7.08. The van der Waals surface area contributed by atoms with Crippen molar-refractivity contribution in [2.45, 2.75) is 37.3 Å². The molecule has 0 aromatic heterocycles. The number of rotatable bonds is 0. The summed E-state index contributed by atoms with van der Waals surface area (Å²) in [6.45, 7) is 1.17. The summed E-state index contributed by atoms with van der Waals surface area (Å²) in [7, 11) is -0.725. The zero-order chi connectivity index (χ0) is 7.47. The van der Waals surface area contributed by atoms with Crippen LogP contribution in [0.4, 0.5) is 0 Å². The van der Waals surface area contributed by atoms with E-state index in [1.807, 2.05) is 0 Å². The van der Waals surface area contributed by atoms with Crippen LogP contribution in [0.2, 0.25) is 0 Å². The number of halogens is 1. The fraction of sp³-hybridized carbons (Fsp3) is 1.00. The van der Waals surface area contributed by atoms with E-state index >= 15 is 0 Å². The minimum Gasteiger partial charge on any atom is -0.323 e. The number of nitrogens with zero attached hydrogens (tertiary/aromatic N) is 1. The van der Waals surface area contributed by atoms with Gasteiger partial charge in [0, 0.05) is 12.6 Å². The van der Waals surface area contributed by atoms with E-state index < -0.39 is 7.65 Å². The van der Waals surface area contributed by atoms with Crippen LogP contribution < -0.4 is 0 Å². The molecule has 0 aromatic rings. The van der Waals surface area contributed by atoms with Gasteiger partial charge in [0.2, 0.25) is 7.65 Å². The third kappa shape index (κ3) is 0.846. The largest absolute Gasteiger partial charge is 0.323 e. The van der Waals surface area contributed by atoms with Crippen LogP contribution in [0, 0.1) is 0 Å². The summed E-state index contributed by atoms with van der Waals surface area (Å²) >= 11 is 6.11. The van der Waals surface area contributed by atoms with Crippen LogP contribution >= 0.6 is 18.9 Å². The van der Waals surface area contributed by atoms with Gasteiger partial charge < -0.3 is 4.52 Å². The van der Waals surface area contributed by atoms with Crippen LogP contribution in [0.5, 0.6) is 0 Å². The standard InChI is InChI=1S/C7H11ClNOP/c8-11-9-5-1-2-6(9)7(10-11)3-4-7/h6H,1-5H2/t6-,11?/m0/s1. The molecule has 3 rings (SSSR count). The highest BCUT2D eigenvalue weighted by Gasteiger charge is 2.62. The van der Waals surface area contributed by atoms with Gasteiger partial charge >= 0.3 is 0 Å². The van der Waals surface area contributed by atoms with Gasteiger partial charge in [-0.1, -0.05) is 0 Å². The van der Waals surface area contributed by atoms with Gasteiger partial charge in [-0.05, 0) is 36.9 Å². The van der Waals surface area contributed by atoms with E-state index in [0.717, 1.165) is 0 Å². The molecule has 0 radical (unpaired) electrons. The van der Waals surface area contributed by atoms with Crippen molar-refractivity contribution in [2.75, 3.05) is 6.54 Å². The highest BCUT2D eigenvalue weighted by Crippen LogP contribution is 2.68. The molecule has 62 valence electrons. The lowest BCUT2D eigenvalue weighted by molar-refractivity contribution is 0.187. The Labute approximate surface area is 72.5 Å². The Morgan fingerprint density at radius 1 is 1.55 bits per heavy atom. The van der Waals surface area contributed by atoms with Crippen LogP contribution in [-0.4, -0.2) is 22.9 Å². The fourth-order valence-corrected chi connectivity index (χ4v) is 4.79. The van der Waals surface area contributed by atoms with E-state index in [4.69, 9.17) is 15.8 Å². The van der Waals surface area contributed by atoms with E-state index in [0.29, 0.717) is 6.04 Å². The van der Waals surface area contributed by atoms with Gasteiger partial charge in [0.05, 0.1) is 5.60 Å². The molecule has 2 nitrogen and oxygen atoms in total. The zero-order valence-electron chi connectivity index (χ0n) is 6.29. The van der Waals surface area contributed by atoms with Crippen LogP contribution in [0.1, 0.15) is 25.7 Å². The first-order valence-electron chi connectivity index (χ1n) is 4.23. The summed E-state index contributed by atoms with van der Waals surface area (Å²) < 4.78 is 8.16. The number of fused-ring (bicyclic) bond motifs is 2. The van der Waals surface area contributed by atoms with Gasteiger partial charge in [-0.15, -0.1) is 0 Å². The second-order valence-corrected chi connectivity index (χ2v) is 5.72. The number of hydrogen-bond donors (Lipinski definition) is 0. The van der Waals surface area contributed by atoms with E-state index in [9.17, 15) is 0 Å². The molecule has 0 amide bonds. The molecule has 0 bridgehead atoms. The Bertz CT molecular complexity index is 197. The molecule has 2 heterocycles. The lowest BCUT2D eigenvalue weighted by atomic mass is 10.1. The Hall–Kier alpha value is 0.640. The summed E-state index contributed by atoms with van der Waals surface area (Å²) in [5, 5.41) is 0. The van der Waals surface area contributed by atoms with Gasteiger partial charge in [-0.2, -0.15) is 0 Å². The second-order valence-electron chi connectivity index (χ2n) is 3.70. The summed E-state index contributed by atoms with van der Waals surface area (Å²) in [6.07, 6.45) is 5.13. The van der Waals surface area contributed by atoms with Crippen molar-refractivity contribution in [1.29, 1.82) is 0 Å². The Morgan fingerprint density at radius 3 is 3.09 bits per heavy atom. The zero-order valence-corrected chi connectivity index (χ0v) is 7.94. The van der Waals surface area contributed by atoms with Gasteiger partial charge in [-0.25, -0.2) is 4.67 Å². The molecule has 4 heteroatoms. The van der Waals surface area contributed by atoms with Crippen LogP contribution in [0.15, 0.2) is 0 Å². The molecule has 1 unspecified atom stereocenters. The highest BCUT2D eigenvalue weighted by molar-refractivity contribution is 7.78. The van der Waals surface area contributed by atoms with Crippen molar-refractivity contribution >= 4 is 18.9 Å². The predicted octanol–water partition coefficient (Wildman–Crippen LogP) is 2.48. The van der Waals surface area contributed by atoms with E-state index in [2.05, 4.69) is 4.67 Å². The monoisotopic (exact) mass is 191 g/mol. The Balaban J connectivity index is 1.91. The molecule has 1 saturated carbocycles. The van der Waals surface area contributed by atoms with Crippen molar-refractivity contribution in [3.8, 4) is 0 Å². The van der Waals surface area contributed by atoms with Crippen molar-refractivity contribution in [3.05, 3.63) is 0 Å². The SMILES string of the molecule is ClP1OC2(CC2)[C@@H]2CCCN21.